The average molecular weight is 340 g/mol. The minimum atomic E-state index is -3.43. The number of sulfone groups is 1. The number of hydrogen-bond donors (Lipinski definition) is 1. The van der Waals surface area contributed by atoms with E-state index in [2.05, 4.69) is 5.32 Å². The highest BCUT2D eigenvalue weighted by molar-refractivity contribution is 7.92. The van der Waals surface area contributed by atoms with E-state index in [0.717, 1.165) is 16.8 Å². The topological polar surface area (TPSA) is 66.5 Å². The van der Waals surface area contributed by atoms with E-state index in [1.54, 1.807) is 12.1 Å². The zero-order valence-electron chi connectivity index (χ0n) is 13.1. The van der Waals surface area contributed by atoms with Crippen LogP contribution in [0.15, 0.2) is 53.4 Å². The van der Waals surface area contributed by atoms with Gasteiger partial charge in [0.25, 0.3) is 0 Å². The van der Waals surface area contributed by atoms with Gasteiger partial charge in [-0.1, -0.05) is 36.4 Å². The minimum Gasteiger partial charge on any atom is -0.324 e. The smallest absolute Gasteiger partial charge is 0.250 e. The molecule has 5 rings (SSSR count). The molecular weight excluding hydrogens is 324 g/mol. The van der Waals surface area contributed by atoms with Crippen molar-refractivity contribution in [2.24, 2.45) is 0 Å². The number of hydrogen-bond acceptors (Lipinski definition) is 4. The van der Waals surface area contributed by atoms with Crippen molar-refractivity contribution in [2.75, 3.05) is 18.9 Å². The SMILES string of the molecule is CN1C[C@@H]2[C@@H](c3ccccc3S2(=O)=O)[C@]12C(=O)Nc1ccccc12. The van der Waals surface area contributed by atoms with E-state index in [0.29, 0.717) is 11.4 Å². The molecule has 0 aromatic heterocycles. The van der Waals surface area contributed by atoms with Crippen molar-refractivity contribution in [3.8, 4) is 0 Å². The first-order valence-corrected chi connectivity index (χ1v) is 9.48. The minimum absolute atomic E-state index is 0.134. The Kier molecular flexibility index (Phi) is 2.52. The Morgan fingerprint density at radius 3 is 2.67 bits per heavy atom. The molecule has 1 amide bonds. The summed E-state index contributed by atoms with van der Waals surface area (Å²) >= 11 is 0. The van der Waals surface area contributed by atoms with Crippen LogP contribution in [0.2, 0.25) is 0 Å². The first-order valence-electron chi connectivity index (χ1n) is 7.94. The summed E-state index contributed by atoms with van der Waals surface area (Å²) in [6, 6.07) is 14.7. The van der Waals surface area contributed by atoms with E-state index in [9.17, 15) is 13.2 Å². The Morgan fingerprint density at radius 1 is 1.12 bits per heavy atom. The molecule has 3 heterocycles. The molecule has 1 N–H and O–H groups in total. The van der Waals surface area contributed by atoms with Gasteiger partial charge in [0, 0.05) is 23.7 Å². The number of fused-ring (bicyclic) bond motifs is 6. The normalized spacial score (nSPS) is 32.5. The maximum Gasteiger partial charge on any atom is 0.250 e. The van der Waals surface area contributed by atoms with Crippen LogP contribution in [0, 0.1) is 0 Å². The summed E-state index contributed by atoms with van der Waals surface area (Å²) in [5.74, 6) is -0.516. The van der Waals surface area contributed by atoms with Crippen LogP contribution in [0.25, 0.3) is 0 Å². The molecule has 1 fully saturated rings. The monoisotopic (exact) mass is 340 g/mol. The second-order valence-electron chi connectivity index (χ2n) is 6.75. The quantitative estimate of drug-likeness (QED) is 0.793. The lowest BCUT2D eigenvalue weighted by molar-refractivity contribution is -0.126. The van der Waals surface area contributed by atoms with Crippen LogP contribution in [0.1, 0.15) is 17.0 Å². The van der Waals surface area contributed by atoms with Gasteiger partial charge in [-0.15, -0.1) is 0 Å². The van der Waals surface area contributed by atoms with Crippen LogP contribution < -0.4 is 5.32 Å². The lowest BCUT2D eigenvalue weighted by atomic mass is 9.76. The number of likely N-dealkylation sites (N-methyl/N-ethyl adjacent to an activating group) is 1. The summed E-state index contributed by atoms with van der Waals surface area (Å²) in [4.78, 5) is 15.4. The van der Waals surface area contributed by atoms with Crippen LogP contribution in [0.4, 0.5) is 5.69 Å². The number of likely N-dealkylation sites (tertiary alicyclic amines) is 1. The summed E-state index contributed by atoms with van der Waals surface area (Å²) in [7, 11) is -1.58. The summed E-state index contributed by atoms with van der Waals surface area (Å²) in [5, 5.41) is 2.37. The van der Waals surface area contributed by atoms with Crippen molar-refractivity contribution in [3.05, 3.63) is 59.7 Å². The van der Waals surface area contributed by atoms with Crippen LogP contribution >= 0.6 is 0 Å². The number of amides is 1. The number of para-hydroxylation sites is 1. The molecule has 6 heteroatoms. The van der Waals surface area contributed by atoms with Crippen LogP contribution in [-0.4, -0.2) is 38.1 Å². The Bertz CT molecular complexity index is 1000. The number of nitrogens with zero attached hydrogens (tertiary/aromatic N) is 1. The molecule has 2 aromatic carbocycles. The van der Waals surface area contributed by atoms with Crippen molar-refractivity contribution in [1.29, 1.82) is 0 Å². The fraction of sp³-hybridized carbons (Fsp3) is 0.278. The molecular formula is C18H16N2O3S. The van der Waals surface area contributed by atoms with Crippen LogP contribution in [0.5, 0.6) is 0 Å². The standard InChI is InChI=1S/C18H16N2O3S/c1-20-10-15-16(11-6-2-5-9-14(11)24(15,22)23)18(20)12-7-3-4-8-13(12)19-17(18)21/h2-9,15-16H,10H2,1H3,(H,19,21)/t15-,16-,18-/m1/s1. The molecule has 0 unspecified atom stereocenters. The third-order valence-electron chi connectivity index (χ3n) is 5.77. The second-order valence-corrected chi connectivity index (χ2v) is 8.88. The predicted molar refractivity (Wildman–Crippen MR) is 89.5 cm³/mol. The third-order valence-corrected chi connectivity index (χ3v) is 7.97. The van der Waals surface area contributed by atoms with Gasteiger partial charge in [-0.05, 0) is 24.7 Å². The van der Waals surface area contributed by atoms with Gasteiger partial charge in [0.05, 0.1) is 10.1 Å². The highest BCUT2D eigenvalue weighted by atomic mass is 32.2. The Balaban J connectivity index is 1.86. The van der Waals surface area contributed by atoms with Crippen molar-refractivity contribution in [1.82, 2.24) is 4.90 Å². The average Bonchev–Trinajstić information content (AvgIpc) is 3.12. The molecule has 1 saturated heterocycles. The van der Waals surface area contributed by atoms with E-state index >= 15 is 0 Å². The molecule has 24 heavy (non-hydrogen) atoms. The Morgan fingerprint density at radius 2 is 1.83 bits per heavy atom. The second kappa shape index (κ2) is 4.26. The number of benzene rings is 2. The van der Waals surface area contributed by atoms with Gasteiger partial charge in [-0.3, -0.25) is 9.69 Å². The Labute approximate surface area is 140 Å². The maximum atomic E-state index is 13.1. The molecule has 1 spiro atoms. The number of nitrogens with one attached hydrogen (secondary N) is 1. The first-order chi connectivity index (χ1) is 11.5. The fourth-order valence-corrected chi connectivity index (χ4v) is 7.08. The number of rotatable bonds is 0. The molecule has 5 nitrogen and oxygen atoms in total. The lowest BCUT2D eigenvalue weighted by Crippen LogP contribution is -2.48. The number of carbonyl (C=O) groups excluding carboxylic acids is 1. The van der Waals surface area contributed by atoms with E-state index < -0.39 is 20.6 Å². The molecule has 122 valence electrons. The summed E-state index contributed by atoms with van der Waals surface area (Å²) < 4.78 is 26.0. The Hall–Kier alpha value is -2.18. The van der Waals surface area contributed by atoms with Gasteiger partial charge in [-0.25, -0.2) is 8.42 Å². The zero-order valence-corrected chi connectivity index (χ0v) is 13.9. The van der Waals surface area contributed by atoms with Crippen molar-refractivity contribution in [2.45, 2.75) is 21.6 Å². The highest BCUT2D eigenvalue weighted by Crippen LogP contribution is 2.60. The summed E-state index contributed by atoms with van der Waals surface area (Å²) in [5.41, 5.74) is 1.45. The fourth-order valence-electron chi connectivity index (χ4n) is 4.84. The van der Waals surface area contributed by atoms with E-state index in [1.807, 2.05) is 48.3 Å². The maximum absolute atomic E-state index is 13.1. The molecule has 3 atom stereocenters. The van der Waals surface area contributed by atoms with Gasteiger partial charge in [0.2, 0.25) is 5.91 Å². The molecule has 0 aliphatic carbocycles. The summed E-state index contributed by atoms with van der Waals surface area (Å²) in [6.07, 6.45) is 0. The number of carbonyl (C=O) groups is 1. The van der Waals surface area contributed by atoms with Gasteiger partial charge >= 0.3 is 0 Å². The lowest BCUT2D eigenvalue weighted by Gasteiger charge is -2.34. The largest absolute Gasteiger partial charge is 0.324 e. The van der Waals surface area contributed by atoms with Crippen molar-refractivity contribution >= 4 is 21.4 Å². The molecule has 0 radical (unpaired) electrons. The van der Waals surface area contributed by atoms with Crippen molar-refractivity contribution in [3.63, 3.8) is 0 Å². The van der Waals surface area contributed by atoms with Gasteiger partial charge in [-0.2, -0.15) is 0 Å². The van der Waals surface area contributed by atoms with E-state index in [1.165, 1.54) is 0 Å². The van der Waals surface area contributed by atoms with Crippen LogP contribution in [0.3, 0.4) is 0 Å². The van der Waals surface area contributed by atoms with Gasteiger partial charge in [0.15, 0.2) is 9.84 Å². The van der Waals surface area contributed by atoms with Crippen molar-refractivity contribution < 1.29 is 13.2 Å². The van der Waals surface area contributed by atoms with Crippen LogP contribution in [-0.2, 0) is 20.2 Å². The number of anilines is 1. The predicted octanol–water partition coefficient (Wildman–Crippen LogP) is 1.72. The van der Waals surface area contributed by atoms with E-state index in [-0.39, 0.29) is 11.8 Å². The summed E-state index contributed by atoms with van der Waals surface area (Å²) in [6.45, 7) is 0.351. The zero-order chi connectivity index (χ0) is 16.7. The molecule has 0 bridgehead atoms. The first kappa shape index (κ1) is 14.2. The van der Waals surface area contributed by atoms with E-state index in [4.69, 9.17) is 0 Å². The molecule has 2 aromatic rings. The molecule has 3 aliphatic heterocycles. The molecule has 0 saturated carbocycles. The highest BCUT2D eigenvalue weighted by Gasteiger charge is 2.67. The van der Waals surface area contributed by atoms with Gasteiger partial charge < -0.3 is 5.32 Å². The third kappa shape index (κ3) is 1.36. The van der Waals surface area contributed by atoms with Gasteiger partial charge in [0.1, 0.15) is 5.54 Å². The molecule has 3 aliphatic rings.